The molecular formula is C18H24N4O6. The summed E-state index contributed by atoms with van der Waals surface area (Å²) < 4.78 is 4.84. The molecule has 1 aromatic carbocycles. The van der Waals surface area contributed by atoms with Crippen LogP contribution in [0.4, 0.5) is 16.2 Å². The summed E-state index contributed by atoms with van der Waals surface area (Å²) in [7, 11) is 0. The number of ether oxygens (including phenoxy) is 1. The molecule has 10 nitrogen and oxygen atoms in total. The monoisotopic (exact) mass is 392 g/mol. The lowest BCUT2D eigenvalue weighted by molar-refractivity contribution is -0.384. The van der Waals surface area contributed by atoms with Crippen molar-refractivity contribution in [2.24, 2.45) is 5.92 Å². The van der Waals surface area contributed by atoms with Gasteiger partial charge < -0.3 is 15.0 Å². The number of piperidine rings is 1. The van der Waals surface area contributed by atoms with Crippen molar-refractivity contribution in [3.05, 3.63) is 33.9 Å². The molecule has 1 aromatic rings. The predicted octanol–water partition coefficient (Wildman–Crippen LogP) is 1.83. The Kier molecular flexibility index (Phi) is 7.30. The van der Waals surface area contributed by atoms with E-state index in [4.69, 9.17) is 4.74 Å². The minimum Gasteiger partial charge on any atom is -0.452 e. The highest BCUT2D eigenvalue weighted by molar-refractivity contribution is 5.97. The molecule has 1 saturated heterocycles. The SMILES string of the molecule is CCNC(=O)NC(=O)COC(=O)c1ccc(N2CCC[C@H](C)C2)c([N+](=O)[O-])c1. The zero-order valence-corrected chi connectivity index (χ0v) is 15.9. The Bertz CT molecular complexity index is 766. The van der Waals surface area contributed by atoms with Crippen molar-refractivity contribution in [3.8, 4) is 0 Å². The summed E-state index contributed by atoms with van der Waals surface area (Å²) in [5.41, 5.74) is 0.240. The number of rotatable bonds is 6. The zero-order valence-electron chi connectivity index (χ0n) is 15.9. The Morgan fingerprint density at radius 3 is 2.75 bits per heavy atom. The molecule has 0 saturated carbocycles. The number of carbonyl (C=O) groups excluding carboxylic acids is 3. The van der Waals surface area contributed by atoms with Gasteiger partial charge >= 0.3 is 12.0 Å². The fraction of sp³-hybridized carbons (Fsp3) is 0.500. The number of carbonyl (C=O) groups is 3. The number of esters is 1. The third kappa shape index (κ3) is 5.66. The molecule has 1 heterocycles. The highest BCUT2D eigenvalue weighted by Crippen LogP contribution is 2.32. The van der Waals surface area contributed by atoms with E-state index in [1.54, 1.807) is 6.92 Å². The van der Waals surface area contributed by atoms with Crippen LogP contribution in [0.15, 0.2) is 18.2 Å². The second-order valence-electron chi connectivity index (χ2n) is 6.64. The number of nitro groups is 1. The van der Waals surface area contributed by atoms with Crippen LogP contribution in [0.3, 0.4) is 0 Å². The van der Waals surface area contributed by atoms with Crippen LogP contribution in [0.1, 0.15) is 37.0 Å². The highest BCUT2D eigenvalue weighted by atomic mass is 16.6. The zero-order chi connectivity index (χ0) is 20.7. The lowest BCUT2D eigenvalue weighted by Crippen LogP contribution is -2.41. The molecule has 152 valence electrons. The summed E-state index contributed by atoms with van der Waals surface area (Å²) in [6.07, 6.45) is 2.02. The molecule has 28 heavy (non-hydrogen) atoms. The number of anilines is 1. The Labute approximate surface area is 162 Å². The quantitative estimate of drug-likeness (QED) is 0.429. The van der Waals surface area contributed by atoms with Crippen LogP contribution in [0.5, 0.6) is 0 Å². The number of hydrogen-bond donors (Lipinski definition) is 2. The third-order valence-electron chi connectivity index (χ3n) is 4.33. The summed E-state index contributed by atoms with van der Waals surface area (Å²) in [4.78, 5) is 47.8. The number of hydrogen-bond acceptors (Lipinski definition) is 7. The largest absolute Gasteiger partial charge is 0.452 e. The standard InChI is InChI=1S/C18H24N4O6/c1-3-19-18(25)20-16(23)11-28-17(24)13-6-7-14(15(9-13)22(26)27)21-8-4-5-12(2)10-21/h6-7,9,12H,3-5,8,10-11H2,1-2H3,(H2,19,20,23,25)/t12-/m0/s1. The first-order chi connectivity index (χ1) is 13.3. The molecule has 2 rings (SSSR count). The highest BCUT2D eigenvalue weighted by Gasteiger charge is 2.25. The van der Waals surface area contributed by atoms with Gasteiger partial charge in [-0.15, -0.1) is 0 Å². The van der Waals surface area contributed by atoms with E-state index in [-0.39, 0.29) is 11.3 Å². The minimum atomic E-state index is -0.882. The first-order valence-electron chi connectivity index (χ1n) is 9.10. The first kappa shape index (κ1) is 21.1. The lowest BCUT2D eigenvalue weighted by atomic mass is 9.99. The van der Waals surface area contributed by atoms with Crippen LogP contribution < -0.4 is 15.5 Å². The number of nitro benzene ring substituents is 1. The molecule has 1 fully saturated rings. The number of amides is 3. The Balaban J connectivity index is 2.06. The van der Waals surface area contributed by atoms with Crippen LogP contribution in [-0.4, -0.2) is 49.1 Å². The van der Waals surface area contributed by atoms with Gasteiger partial charge in [-0.1, -0.05) is 6.92 Å². The first-order valence-corrected chi connectivity index (χ1v) is 9.10. The predicted molar refractivity (Wildman–Crippen MR) is 101 cm³/mol. The maximum atomic E-state index is 12.1. The summed E-state index contributed by atoms with van der Waals surface area (Å²) in [5, 5.41) is 15.8. The van der Waals surface area contributed by atoms with E-state index in [0.717, 1.165) is 25.5 Å². The molecule has 0 aromatic heterocycles. The Morgan fingerprint density at radius 1 is 1.36 bits per heavy atom. The molecule has 1 aliphatic heterocycles. The molecular weight excluding hydrogens is 368 g/mol. The molecule has 0 aliphatic carbocycles. The van der Waals surface area contributed by atoms with Gasteiger partial charge in [0, 0.05) is 25.7 Å². The second-order valence-corrected chi connectivity index (χ2v) is 6.64. The van der Waals surface area contributed by atoms with Crippen molar-refractivity contribution in [3.63, 3.8) is 0 Å². The van der Waals surface area contributed by atoms with E-state index in [0.29, 0.717) is 24.7 Å². The van der Waals surface area contributed by atoms with E-state index < -0.39 is 29.4 Å². The maximum Gasteiger partial charge on any atom is 0.338 e. The molecule has 0 radical (unpaired) electrons. The van der Waals surface area contributed by atoms with Gasteiger partial charge in [-0.25, -0.2) is 9.59 Å². The van der Waals surface area contributed by atoms with Gasteiger partial charge in [0.05, 0.1) is 10.5 Å². The van der Waals surface area contributed by atoms with E-state index >= 15 is 0 Å². The van der Waals surface area contributed by atoms with Gasteiger partial charge in [-0.05, 0) is 37.8 Å². The molecule has 2 N–H and O–H groups in total. The van der Waals surface area contributed by atoms with Crippen molar-refractivity contribution < 1.29 is 24.0 Å². The Hall–Kier alpha value is -3.17. The van der Waals surface area contributed by atoms with E-state index in [2.05, 4.69) is 12.2 Å². The van der Waals surface area contributed by atoms with Crippen LogP contribution in [-0.2, 0) is 9.53 Å². The summed E-state index contributed by atoms with van der Waals surface area (Å²) in [5.74, 6) is -1.25. The Morgan fingerprint density at radius 2 is 2.11 bits per heavy atom. The number of urea groups is 1. The fourth-order valence-corrected chi connectivity index (χ4v) is 3.05. The molecule has 0 unspecified atom stereocenters. The van der Waals surface area contributed by atoms with E-state index in [1.807, 2.05) is 10.2 Å². The fourth-order valence-electron chi connectivity index (χ4n) is 3.05. The lowest BCUT2D eigenvalue weighted by Gasteiger charge is -2.32. The van der Waals surface area contributed by atoms with Crippen molar-refractivity contribution >= 4 is 29.3 Å². The van der Waals surface area contributed by atoms with Crippen LogP contribution in [0.2, 0.25) is 0 Å². The van der Waals surface area contributed by atoms with Gasteiger partial charge in [0.2, 0.25) is 0 Å². The topological polar surface area (TPSA) is 131 Å². The summed E-state index contributed by atoms with van der Waals surface area (Å²) >= 11 is 0. The molecule has 3 amide bonds. The van der Waals surface area contributed by atoms with E-state index in [1.165, 1.54) is 12.1 Å². The van der Waals surface area contributed by atoms with Crippen LogP contribution >= 0.6 is 0 Å². The number of benzene rings is 1. The van der Waals surface area contributed by atoms with Gasteiger partial charge in [0.25, 0.3) is 11.6 Å². The van der Waals surface area contributed by atoms with Gasteiger partial charge in [0.15, 0.2) is 6.61 Å². The summed E-state index contributed by atoms with van der Waals surface area (Å²) in [6.45, 7) is 4.88. The number of nitrogens with zero attached hydrogens (tertiary/aromatic N) is 2. The summed E-state index contributed by atoms with van der Waals surface area (Å²) in [6, 6.07) is 3.42. The average Bonchev–Trinajstić information content (AvgIpc) is 2.65. The van der Waals surface area contributed by atoms with Crippen molar-refractivity contribution in [1.82, 2.24) is 10.6 Å². The molecule has 10 heteroatoms. The van der Waals surface area contributed by atoms with Gasteiger partial charge in [0.1, 0.15) is 5.69 Å². The smallest absolute Gasteiger partial charge is 0.338 e. The van der Waals surface area contributed by atoms with Gasteiger partial charge in [-0.3, -0.25) is 20.2 Å². The minimum absolute atomic E-state index is 0.0358. The molecule has 0 spiro atoms. The molecule has 0 bridgehead atoms. The number of imide groups is 1. The normalized spacial score (nSPS) is 16.2. The number of nitrogens with one attached hydrogen (secondary N) is 2. The van der Waals surface area contributed by atoms with Crippen molar-refractivity contribution in [2.75, 3.05) is 31.1 Å². The third-order valence-corrected chi connectivity index (χ3v) is 4.33. The second kappa shape index (κ2) is 9.67. The van der Waals surface area contributed by atoms with Crippen LogP contribution in [0.25, 0.3) is 0 Å². The van der Waals surface area contributed by atoms with E-state index in [9.17, 15) is 24.5 Å². The van der Waals surface area contributed by atoms with Crippen molar-refractivity contribution in [2.45, 2.75) is 26.7 Å². The van der Waals surface area contributed by atoms with Crippen molar-refractivity contribution in [1.29, 1.82) is 0 Å². The molecule has 1 aliphatic rings. The average molecular weight is 392 g/mol. The maximum absolute atomic E-state index is 12.1. The van der Waals surface area contributed by atoms with Crippen LogP contribution in [0, 0.1) is 16.0 Å². The van der Waals surface area contributed by atoms with Gasteiger partial charge in [-0.2, -0.15) is 0 Å². The molecule has 1 atom stereocenters.